The van der Waals surface area contributed by atoms with Gasteiger partial charge >= 0.3 is 0 Å². The molecule has 1 aromatic rings. The zero-order valence-corrected chi connectivity index (χ0v) is 11.8. The summed E-state index contributed by atoms with van der Waals surface area (Å²) in [5.74, 6) is -0.312. The van der Waals surface area contributed by atoms with Gasteiger partial charge in [-0.25, -0.2) is 8.78 Å². The number of carbonyl (C=O) groups excluding carboxylic acids is 1. The van der Waals surface area contributed by atoms with Crippen molar-refractivity contribution in [2.75, 3.05) is 19.8 Å². The van der Waals surface area contributed by atoms with Crippen molar-refractivity contribution < 1.29 is 18.3 Å². The second kappa shape index (κ2) is 7.70. The van der Waals surface area contributed by atoms with Gasteiger partial charge in [0, 0.05) is 15.9 Å². The second-order valence-electron chi connectivity index (χ2n) is 3.38. The molecule has 0 unspecified atom stereocenters. The first-order valence-corrected chi connectivity index (χ1v) is 6.37. The average Bonchev–Trinajstić information content (AvgIpc) is 2.27. The van der Waals surface area contributed by atoms with Gasteiger partial charge in [-0.05, 0) is 18.2 Å². The number of carbonyl (C=O) groups is 1. The van der Waals surface area contributed by atoms with E-state index in [1.54, 1.807) is 18.2 Å². The minimum absolute atomic E-state index is 0.0501. The van der Waals surface area contributed by atoms with Crippen molar-refractivity contribution in [3.63, 3.8) is 0 Å². The number of hydrogen-bond donors (Lipinski definition) is 2. The van der Waals surface area contributed by atoms with E-state index in [1.165, 1.54) is 0 Å². The van der Waals surface area contributed by atoms with Gasteiger partial charge in [0.15, 0.2) is 0 Å². The van der Waals surface area contributed by atoms with Crippen LogP contribution in [0.1, 0.15) is 10.4 Å². The van der Waals surface area contributed by atoms with Gasteiger partial charge in [0.05, 0.1) is 12.2 Å². The number of halogens is 3. The molecule has 3 nitrogen and oxygen atoms in total. The fourth-order valence-corrected chi connectivity index (χ4v) is 2.05. The van der Waals surface area contributed by atoms with Crippen LogP contribution in [0.4, 0.5) is 8.78 Å². The average molecular weight is 340 g/mol. The van der Waals surface area contributed by atoms with E-state index < -0.39 is 13.0 Å². The standard InChI is InChI=1S/C11H12BrF2NO2S/c12-7-1-2-8(9(18)5-7)11(16)15-3-4-17-6-10(13)14/h1-2,5,10,18H,3-4,6H2,(H,15,16). The third-order valence-corrected chi connectivity index (χ3v) is 2.84. The quantitative estimate of drug-likeness (QED) is 0.617. The van der Waals surface area contributed by atoms with Gasteiger partial charge in [0.1, 0.15) is 6.61 Å². The number of rotatable bonds is 6. The van der Waals surface area contributed by atoms with Crippen molar-refractivity contribution in [1.29, 1.82) is 0 Å². The van der Waals surface area contributed by atoms with E-state index in [0.717, 1.165) is 4.47 Å². The lowest BCUT2D eigenvalue weighted by Crippen LogP contribution is -2.28. The Morgan fingerprint density at radius 1 is 1.50 bits per heavy atom. The number of hydrogen-bond acceptors (Lipinski definition) is 3. The number of ether oxygens (including phenoxy) is 1. The summed E-state index contributed by atoms with van der Waals surface area (Å²) in [5.41, 5.74) is 0.426. The van der Waals surface area contributed by atoms with Gasteiger partial charge in [-0.2, -0.15) is 0 Å². The van der Waals surface area contributed by atoms with Crippen LogP contribution in [-0.4, -0.2) is 32.1 Å². The van der Waals surface area contributed by atoms with Gasteiger partial charge in [0.2, 0.25) is 0 Å². The van der Waals surface area contributed by atoms with E-state index in [1.807, 2.05) is 0 Å². The van der Waals surface area contributed by atoms with E-state index in [2.05, 4.69) is 38.6 Å². The van der Waals surface area contributed by atoms with Gasteiger partial charge < -0.3 is 10.1 Å². The highest BCUT2D eigenvalue weighted by atomic mass is 79.9. The monoisotopic (exact) mass is 339 g/mol. The van der Waals surface area contributed by atoms with E-state index >= 15 is 0 Å². The molecule has 1 amide bonds. The van der Waals surface area contributed by atoms with Gasteiger partial charge in [-0.15, -0.1) is 12.6 Å². The normalized spacial score (nSPS) is 10.7. The van der Waals surface area contributed by atoms with E-state index in [-0.39, 0.29) is 19.1 Å². The summed E-state index contributed by atoms with van der Waals surface area (Å²) in [5, 5.41) is 2.56. The highest BCUT2D eigenvalue weighted by Crippen LogP contribution is 2.19. The van der Waals surface area contributed by atoms with E-state index in [9.17, 15) is 13.6 Å². The first-order valence-electron chi connectivity index (χ1n) is 5.13. The molecular formula is C11H12BrF2NO2S. The van der Waals surface area contributed by atoms with Crippen LogP contribution in [-0.2, 0) is 4.74 Å². The third kappa shape index (κ3) is 5.32. The third-order valence-electron chi connectivity index (χ3n) is 1.98. The number of thiol groups is 1. The zero-order valence-electron chi connectivity index (χ0n) is 9.33. The summed E-state index contributed by atoms with van der Waals surface area (Å²) in [4.78, 5) is 12.2. The lowest BCUT2D eigenvalue weighted by atomic mass is 10.2. The molecule has 0 spiro atoms. The SMILES string of the molecule is O=C(NCCOCC(F)F)c1ccc(Br)cc1S. The van der Waals surface area contributed by atoms with Crippen molar-refractivity contribution >= 4 is 34.5 Å². The van der Waals surface area contributed by atoms with Gasteiger partial charge in [-0.1, -0.05) is 15.9 Å². The maximum absolute atomic E-state index is 11.7. The summed E-state index contributed by atoms with van der Waals surface area (Å²) in [7, 11) is 0. The highest BCUT2D eigenvalue weighted by Gasteiger charge is 2.09. The molecule has 0 aromatic heterocycles. The van der Waals surface area contributed by atoms with Crippen LogP contribution < -0.4 is 5.32 Å². The predicted octanol–water partition coefficient (Wildman–Crippen LogP) is 2.75. The maximum Gasteiger partial charge on any atom is 0.261 e. The molecule has 0 radical (unpaired) electrons. The Labute approximate surface area is 117 Å². The largest absolute Gasteiger partial charge is 0.374 e. The molecule has 0 bridgehead atoms. The fraction of sp³-hybridized carbons (Fsp3) is 0.364. The van der Waals surface area contributed by atoms with Crippen LogP contribution in [0.15, 0.2) is 27.6 Å². The number of amides is 1. The molecule has 0 aliphatic rings. The Morgan fingerprint density at radius 3 is 2.83 bits per heavy atom. The first kappa shape index (κ1) is 15.4. The first-order chi connectivity index (χ1) is 8.50. The summed E-state index contributed by atoms with van der Waals surface area (Å²) >= 11 is 7.44. The molecule has 0 aliphatic carbocycles. The van der Waals surface area contributed by atoms with Crippen molar-refractivity contribution in [1.82, 2.24) is 5.32 Å². The molecule has 0 saturated heterocycles. The Kier molecular flexibility index (Phi) is 6.59. The van der Waals surface area contributed by atoms with E-state index in [0.29, 0.717) is 10.5 Å². The lowest BCUT2D eigenvalue weighted by Gasteiger charge is -2.08. The fourth-order valence-electron chi connectivity index (χ4n) is 1.20. The topological polar surface area (TPSA) is 38.3 Å². The van der Waals surface area contributed by atoms with Crippen molar-refractivity contribution in [3.05, 3.63) is 28.2 Å². The molecule has 0 heterocycles. The van der Waals surface area contributed by atoms with Crippen LogP contribution in [0.25, 0.3) is 0 Å². The molecule has 0 saturated carbocycles. The molecule has 1 rings (SSSR count). The Bertz CT molecular complexity index is 418. The molecule has 0 fully saturated rings. The van der Waals surface area contributed by atoms with Crippen molar-refractivity contribution in [2.24, 2.45) is 0 Å². The predicted molar refractivity (Wildman–Crippen MR) is 70.6 cm³/mol. The summed E-state index contributed by atoms with van der Waals surface area (Å²) in [6.45, 7) is -0.394. The number of nitrogens with one attached hydrogen (secondary N) is 1. The van der Waals surface area contributed by atoms with Crippen LogP contribution in [0.2, 0.25) is 0 Å². The minimum atomic E-state index is -2.49. The molecule has 100 valence electrons. The van der Waals surface area contributed by atoms with Crippen molar-refractivity contribution in [2.45, 2.75) is 11.3 Å². The molecule has 1 N–H and O–H groups in total. The summed E-state index contributed by atoms with van der Waals surface area (Å²) < 4.78 is 29.0. The Hall–Kier alpha value is -0.660. The number of benzene rings is 1. The molecular weight excluding hydrogens is 328 g/mol. The zero-order chi connectivity index (χ0) is 13.5. The van der Waals surface area contributed by atoms with Crippen LogP contribution in [0.5, 0.6) is 0 Å². The highest BCUT2D eigenvalue weighted by molar-refractivity contribution is 9.10. The molecule has 1 aromatic carbocycles. The molecule has 7 heteroatoms. The van der Waals surface area contributed by atoms with Gasteiger partial charge in [-0.3, -0.25) is 4.79 Å². The minimum Gasteiger partial charge on any atom is -0.374 e. The Balaban J connectivity index is 2.36. The van der Waals surface area contributed by atoms with Crippen molar-refractivity contribution in [3.8, 4) is 0 Å². The van der Waals surface area contributed by atoms with E-state index in [4.69, 9.17) is 0 Å². The summed E-state index contributed by atoms with van der Waals surface area (Å²) in [6.07, 6.45) is -2.49. The van der Waals surface area contributed by atoms with Gasteiger partial charge in [0.25, 0.3) is 12.3 Å². The smallest absolute Gasteiger partial charge is 0.261 e. The lowest BCUT2D eigenvalue weighted by molar-refractivity contribution is 0.0188. The number of alkyl halides is 2. The second-order valence-corrected chi connectivity index (χ2v) is 4.78. The summed E-state index contributed by atoms with van der Waals surface area (Å²) in [6, 6.07) is 5.05. The molecule has 18 heavy (non-hydrogen) atoms. The molecule has 0 atom stereocenters. The van der Waals surface area contributed by atoms with Crippen LogP contribution >= 0.6 is 28.6 Å². The Morgan fingerprint density at radius 2 is 2.22 bits per heavy atom. The molecule has 0 aliphatic heterocycles. The maximum atomic E-state index is 11.7. The van der Waals surface area contributed by atoms with Crippen LogP contribution in [0, 0.1) is 0 Å². The van der Waals surface area contributed by atoms with Crippen LogP contribution in [0.3, 0.4) is 0 Å².